The summed E-state index contributed by atoms with van der Waals surface area (Å²) in [6, 6.07) is 9.80. The summed E-state index contributed by atoms with van der Waals surface area (Å²) in [6.07, 6.45) is 11.0. The van der Waals surface area contributed by atoms with Crippen LogP contribution >= 0.6 is 0 Å². The van der Waals surface area contributed by atoms with Crippen molar-refractivity contribution in [1.82, 2.24) is 0 Å². The number of hydrogen-bond acceptors (Lipinski definition) is 7. The average Bonchev–Trinajstić information content (AvgIpc) is 3.10. The molecule has 11 atom stereocenters. The molecule has 0 radical (unpaired) electrons. The van der Waals surface area contributed by atoms with Crippen LogP contribution in [0.5, 0.6) is 23.0 Å². The van der Waals surface area contributed by atoms with Crippen LogP contribution in [0.15, 0.2) is 48.0 Å². The van der Waals surface area contributed by atoms with E-state index in [0.29, 0.717) is 30.1 Å². The molecule has 0 unspecified atom stereocenters. The first-order chi connectivity index (χ1) is 25.9. The number of allylic oxidation sites excluding steroid dienone is 2. The van der Waals surface area contributed by atoms with E-state index in [-0.39, 0.29) is 56.0 Å². The molecule has 5 aliphatic carbocycles. The van der Waals surface area contributed by atoms with Crippen LogP contribution in [0.4, 0.5) is 0 Å². The maximum absolute atomic E-state index is 12.8. The van der Waals surface area contributed by atoms with Crippen molar-refractivity contribution in [2.75, 3.05) is 0 Å². The van der Waals surface area contributed by atoms with Gasteiger partial charge in [0.2, 0.25) is 0 Å². The van der Waals surface area contributed by atoms with Gasteiger partial charge in [0.1, 0.15) is 0 Å². The van der Waals surface area contributed by atoms with E-state index in [4.69, 9.17) is 0 Å². The van der Waals surface area contributed by atoms with Gasteiger partial charge in [-0.1, -0.05) is 86.1 Å². The normalized spacial score (nSPS) is 37.8. The molecule has 0 heterocycles. The number of rotatable bonds is 6. The molecular formula is C48H70O8. The molecule has 56 heavy (non-hydrogen) atoms. The Morgan fingerprint density at radius 3 is 1.77 bits per heavy atom. The zero-order valence-electron chi connectivity index (χ0n) is 35.4. The van der Waals surface area contributed by atoms with Gasteiger partial charge in [-0.15, -0.1) is 0 Å². The van der Waals surface area contributed by atoms with Gasteiger partial charge in [-0.3, -0.25) is 4.79 Å². The molecule has 5 aliphatic rings. The Bertz CT molecular complexity index is 1770. The predicted molar refractivity (Wildman–Crippen MR) is 219 cm³/mol. The van der Waals surface area contributed by atoms with Crippen molar-refractivity contribution in [3.05, 3.63) is 59.2 Å². The van der Waals surface area contributed by atoms with Crippen LogP contribution in [0.25, 0.3) is 0 Å². The summed E-state index contributed by atoms with van der Waals surface area (Å²) >= 11 is 0. The fraction of sp³-hybridized carbons (Fsp3) is 0.688. The minimum Gasteiger partial charge on any atom is -0.504 e. The van der Waals surface area contributed by atoms with Gasteiger partial charge < -0.3 is 35.7 Å². The van der Waals surface area contributed by atoms with Crippen molar-refractivity contribution < 1.29 is 40.5 Å². The lowest BCUT2D eigenvalue weighted by atomic mass is 9.33. The summed E-state index contributed by atoms with van der Waals surface area (Å²) in [6.45, 7) is 20.6. The molecule has 310 valence electrons. The predicted octanol–water partition coefficient (Wildman–Crippen LogP) is 9.77. The summed E-state index contributed by atoms with van der Waals surface area (Å²) in [4.78, 5) is 12.8. The van der Waals surface area contributed by atoms with Crippen LogP contribution in [0.2, 0.25) is 0 Å². The third-order valence-electron chi connectivity index (χ3n) is 17.2. The van der Waals surface area contributed by atoms with E-state index < -0.39 is 23.6 Å². The van der Waals surface area contributed by atoms with Crippen LogP contribution in [-0.4, -0.2) is 53.9 Å². The lowest BCUT2D eigenvalue weighted by Crippen LogP contribution is -2.67. The Labute approximate surface area is 335 Å². The highest BCUT2D eigenvalue weighted by atomic mass is 16.4. The van der Waals surface area contributed by atoms with E-state index in [9.17, 15) is 40.5 Å². The first kappa shape index (κ1) is 42.4. The largest absolute Gasteiger partial charge is 0.504 e. The molecule has 8 heteroatoms. The van der Waals surface area contributed by atoms with Crippen molar-refractivity contribution in [1.29, 1.82) is 0 Å². The van der Waals surface area contributed by atoms with Crippen molar-refractivity contribution >= 4 is 5.97 Å². The van der Waals surface area contributed by atoms with Gasteiger partial charge in [-0.2, -0.15) is 0 Å². The third-order valence-corrected chi connectivity index (χ3v) is 17.2. The van der Waals surface area contributed by atoms with E-state index in [1.165, 1.54) is 17.7 Å². The lowest BCUT2D eigenvalue weighted by molar-refractivity contribution is -0.231. The molecule has 7 rings (SSSR count). The Morgan fingerprint density at radius 1 is 0.714 bits per heavy atom. The maximum atomic E-state index is 12.8. The summed E-state index contributed by atoms with van der Waals surface area (Å²) in [5.41, 5.74) is 2.70. The molecule has 0 saturated heterocycles. The van der Waals surface area contributed by atoms with Crippen LogP contribution < -0.4 is 0 Å². The van der Waals surface area contributed by atoms with Crippen LogP contribution in [0.1, 0.15) is 131 Å². The Hall–Kier alpha value is -3.23. The van der Waals surface area contributed by atoms with Crippen LogP contribution in [0.3, 0.4) is 0 Å². The summed E-state index contributed by atoms with van der Waals surface area (Å²) in [5, 5.41) is 70.1. The average molecular weight is 775 g/mol. The van der Waals surface area contributed by atoms with E-state index in [1.54, 1.807) is 12.1 Å². The minimum atomic E-state index is -0.679. The molecule has 4 fully saturated rings. The standard InChI is InChI=1S/C30H48O4.C18H22O4/c1-25(2)12-14-30(24(33)34)15-13-28(6)18(19(30)16-25)8-9-22-27(5)17-20(31)23(32)26(3,4)21(27)10-11-29(22,28)7;1-11(7-13-3-5-15(19)17(21)9-13)12(2)8-14-4-6-16(20)18(22)10-14/h8,19-23,31-32H,9-17H2,1-7H3,(H,33,34);3-6,9-12,19-22H,7-8H2,1-2H3/t19-,20+,21-,22+,23-,27-,28+,29+,30-;11-,12+/m0./s1. The fourth-order valence-electron chi connectivity index (χ4n) is 13.3. The third kappa shape index (κ3) is 6.92. The maximum Gasteiger partial charge on any atom is 0.310 e. The first-order valence-corrected chi connectivity index (χ1v) is 21.2. The second kappa shape index (κ2) is 14.5. The number of aliphatic hydroxyl groups is 2. The Kier molecular flexibility index (Phi) is 11.0. The highest BCUT2D eigenvalue weighted by Gasteiger charge is 2.70. The number of hydrogen-bond donors (Lipinski definition) is 7. The monoisotopic (exact) mass is 775 g/mol. The highest BCUT2D eigenvalue weighted by Crippen LogP contribution is 2.75. The van der Waals surface area contributed by atoms with Crippen molar-refractivity contribution in [2.24, 2.45) is 62.1 Å². The van der Waals surface area contributed by atoms with Gasteiger partial charge in [0.25, 0.3) is 0 Å². The molecule has 7 N–H and O–H groups in total. The molecule has 8 nitrogen and oxygen atoms in total. The van der Waals surface area contributed by atoms with Gasteiger partial charge in [0.15, 0.2) is 23.0 Å². The number of carboxylic acid groups (broad SMARTS) is 1. The number of aliphatic carboxylic acids is 1. The molecule has 4 saturated carbocycles. The molecule has 0 bridgehead atoms. The van der Waals surface area contributed by atoms with E-state index in [0.717, 1.165) is 75.3 Å². The van der Waals surface area contributed by atoms with Gasteiger partial charge >= 0.3 is 5.97 Å². The SMILES string of the molecule is CC1(C)CC[C@]2(C(=O)O)CC[C@]3(C)C(=CC[C@@H]4[C@@]5(C)C[C@@H](O)[C@H](O)C(C)(C)[C@@H]5CC[C@]43C)[C@@H]2C1.C[C@H](Cc1ccc(O)c(O)c1)[C@@H](C)Cc1ccc(O)c(O)c1. The van der Waals surface area contributed by atoms with Gasteiger partial charge in [-0.25, -0.2) is 0 Å². The summed E-state index contributed by atoms with van der Waals surface area (Å²) in [5.74, 6) is 0.679. The quantitative estimate of drug-likeness (QED) is 0.113. The van der Waals surface area contributed by atoms with E-state index in [1.807, 2.05) is 12.1 Å². The molecule has 2 aromatic carbocycles. The molecule has 0 amide bonds. The van der Waals surface area contributed by atoms with Gasteiger partial charge in [0.05, 0.1) is 17.6 Å². The highest BCUT2D eigenvalue weighted by molar-refractivity contribution is 5.76. The van der Waals surface area contributed by atoms with Crippen molar-refractivity contribution in [3.63, 3.8) is 0 Å². The number of aromatic hydroxyl groups is 4. The van der Waals surface area contributed by atoms with Crippen molar-refractivity contribution in [2.45, 2.75) is 145 Å². The summed E-state index contributed by atoms with van der Waals surface area (Å²) < 4.78 is 0. The number of carbonyl (C=O) groups is 1. The second-order valence-corrected chi connectivity index (χ2v) is 21.2. The molecule has 0 aliphatic heterocycles. The second-order valence-electron chi connectivity index (χ2n) is 21.2. The molecule has 0 spiro atoms. The number of fused-ring (bicyclic) bond motifs is 7. The molecular weight excluding hydrogens is 705 g/mol. The topological polar surface area (TPSA) is 159 Å². The smallest absolute Gasteiger partial charge is 0.310 e. The van der Waals surface area contributed by atoms with Gasteiger partial charge in [-0.05, 0) is 163 Å². The first-order valence-electron chi connectivity index (χ1n) is 21.2. The lowest BCUT2D eigenvalue weighted by Gasteiger charge is -2.71. The number of carboxylic acids is 1. The van der Waals surface area contributed by atoms with E-state index in [2.05, 4.69) is 68.4 Å². The van der Waals surface area contributed by atoms with Crippen LogP contribution in [0, 0.1) is 62.1 Å². The van der Waals surface area contributed by atoms with E-state index >= 15 is 0 Å². The Balaban J connectivity index is 0.000000209. The number of phenols is 4. The summed E-state index contributed by atoms with van der Waals surface area (Å²) in [7, 11) is 0. The molecule has 2 aromatic rings. The molecule has 0 aromatic heterocycles. The van der Waals surface area contributed by atoms with Crippen LogP contribution in [-0.2, 0) is 17.6 Å². The number of aliphatic hydroxyl groups excluding tert-OH is 2. The fourth-order valence-corrected chi connectivity index (χ4v) is 13.3. The number of benzene rings is 2. The Morgan fingerprint density at radius 2 is 1.25 bits per heavy atom. The van der Waals surface area contributed by atoms with Crippen molar-refractivity contribution in [3.8, 4) is 23.0 Å². The minimum absolute atomic E-state index is 0.00785. The zero-order valence-corrected chi connectivity index (χ0v) is 35.4. The number of phenolic OH excluding ortho intramolecular Hbond substituents is 4. The van der Waals surface area contributed by atoms with Gasteiger partial charge in [0, 0.05) is 0 Å². The zero-order chi connectivity index (χ0) is 41.4.